The van der Waals surface area contributed by atoms with Crippen LogP contribution in [0.2, 0.25) is 0 Å². The predicted molar refractivity (Wildman–Crippen MR) is 50.0 cm³/mol. The first-order valence-corrected chi connectivity index (χ1v) is 5.23. The molecule has 0 bridgehead atoms. The second-order valence-electron chi connectivity index (χ2n) is 4.04. The van der Waals surface area contributed by atoms with Gasteiger partial charge in [-0.2, -0.15) is 0 Å². The number of nitrogens with one attached hydrogen (secondary N) is 1. The molecular formula is C9H14F2N2O3. The van der Waals surface area contributed by atoms with Gasteiger partial charge in [-0.1, -0.05) is 0 Å². The first-order valence-electron chi connectivity index (χ1n) is 5.23. The van der Waals surface area contributed by atoms with Crippen LogP contribution in [0.25, 0.3) is 0 Å². The molecule has 0 aliphatic carbocycles. The van der Waals surface area contributed by atoms with Crippen molar-refractivity contribution in [3.63, 3.8) is 0 Å². The Bertz CT molecular complexity index is 288. The molecule has 0 radical (unpaired) electrons. The van der Waals surface area contributed by atoms with Crippen LogP contribution >= 0.6 is 0 Å². The molecule has 2 aliphatic heterocycles. The zero-order valence-electron chi connectivity index (χ0n) is 8.66. The molecule has 16 heavy (non-hydrogen) atoms. The maximum absolute atomic E-state index is 13.5. The highest BCUT2D eigenvalue weighted by Gasteiger charge is 2.54. The van der Waals surface area contributed by atoms with E-state index in [0.29, 0.717) is 13.0 Å². The highest BCUT2D eigenvalue weighted by Crippen LogP contribution is 2.37. The molecule has 0 spiro atoms. The third-order valence-electron chi connectivity index (χ3n) is 2.78. The van der Waals surface area contributed by atoms with Gasteiger partial charge in [0.2, 0.25) is 0 Å². The summed E-state index contributed by atoms with van der Waals surface area (Å²) in [6.45, 7) is 0.294. The fraction of sp³-hybridized carbons (Fsp3) is 0.889. The highest BCUT2D eigenvalue weighted by molar-refractivity contribution is 5.75. The number of urea groups is 1. The van der Waals surface area contributed by atoms with Crippen LogP contribution in [0.3, 0.4) is 0 Å². The van der Waals surface area contributed by atoms with Crippen LogP contribution in [-0.4, -0.2) is 54.0 Å². The lowest BCUT2D eigenvalue weighted by atomic mass is 10.1. The van der Waals surface area contributed by atoms with Crippen molar-refractivity contribution in [1.29, 1.82) is 0 Å². The molecule has 2 unspecified atom stereocenters. The summed E-state index contributed by atoms with van der Waals surface area (Å²) in [5, 5.41) is 11.3. The van der Waals surface area contributed by atoms with Crippen LogP contribution in [0.4, 0.5) is 13.6 Å². The van der Waals surface area contributed by atoms with Crippen molar-refractivity contribution in [3.8, 4) is 0 Å². The van der Waals surface area contributed by atoms with E-state index in [-0.39, 0.29) is 6.54 Å². The second kappa shape index (κ2) is 4.14. The number of halogens is 2. The highest BCUT2D eigenvalue weighted by atomic mass is 19.3. The summed E-state index contributed by atoms with van der Waals surface area (Å²) in [6.07, 6.45) is -2.37. The van der Waals surface area contributed by atoms with Gasteiger partial charge in [-0.25, -0.2) is 13.6 Å². The number of aliphatic hydroxyl groups is 1. The number of nitrogens with zero attached hydrogens (tertiary/aromatic N) is 1. The van der Waals surface area contributed by atoms with Gasteiger partial charge in [-0.05, 0) is 6.42 Å². The van der Waals surface area contributed by atoms with E-state index < -0.39 is 37.3 Å². The van der Waals surface area contributed by atoms with Crippen molar-refractivity contribution in [1.82, 2.24) is 10.2 Å². The zero-order chi connectivity index (χ0) is 11.8. The van der Waals surface area contributed by atoms with Crippen LogP contribution in [-0.2, 0) is 4.74 Å². The Kier molecular flexibility index (Phi) is 2.98. The molecule has 2 atom stereocenters. The molecule has 5 nitrogen and oxygen atoms in total. The van der Waals surface area contributed by atoms with Gasteiger partial charge >= 0.3 is 6.03 Å². The number of carbonyl (C=O) groups is 1. The molecule has 2 rings (SSSR count). The maximum atomic E-state index is 13.5. The number of aliphatic hydroxyl groups excluding tert-OH is 1. The Hall–Kier alpha value is -0.950. The summed E-state index contributed by atoms with van der Waals surface area (Å²) in [5.74, 6) is -3.10. The lowest BCUT2D eigenvalue weighted by Crippen LogP contribution is -2.55. The van der Waals surface area contributed by atoms with E-state index in [2.05, 4.69) is 5.32 Å². The van der Waals surface area contributed by atoms with Gasteiger partial charge in [0.15, 0.2) is 6.23 Å². The number of carbonyl (C=O) groups excluding carboxylic acids is 1. The third-order valence-corrected chi connectivity index (χ3v) is 2.78. The quantitative estimate of drug-likeness (QED) is 0.717. The molecule has 0 aromatic heterocycles. The van der Waals surface area contributed by atoms with E-state index >= 15 is 0 Å². The summed E-state index contributed by atoms with van der Waals surface area (Å²) >= 11 is 0. The summed E-state index contributed by atoms with van der Waals surface area (Å²) in [5.41, 5.74) is 0. The smallest absolute Gasteiger partial charge is 0.319 e. The molecule has 2 saturated heterocycles. The van der Waals surface area contributed by atoms with Crippen molar-refractivity contribution in [2.75, 3.05) is 19.7 Å². The number of ether oxygens (including phenoxy) is 1. The van der Waals surface area contributed by atoms with E-state index in [1.165, 1.54) is 0 Å². The van der Waals surface area contributed by atoms with Gasteiger partial charge in [0.05, 0.1) is 12.7 Å². The van der Waals surface area contributed by atoms with Crippen molar-refractivity contribution >= 4 is 6.03 Å². The number of hydrogen-bond donors (Lipinski definition) is 2. The molecule has 0 aromatic rings. The lowest BCUT2D eigenvalue weighted by Gasteiger charge is -2.34. The van der Waals surface area contributed by atoms with E-state index in [9.17, 15) is 13.6 Å². The molecule has 2 fully saturated rings. The molecule has 92 valence electrons. The molecule has 2 N–H and O–H groups in total. The molecule has 2 aliphatic rings. The second-order valence-corrected chi connectivity index (χ2v) is 4.04. The van der Waals surface area contributed by atoms with Gasteiger partial charge in [0.25, 0.3) is 5.92 Å². The lowest BCUT2D eigenvalue weighted by molar-refractivity contribution is -0.140. The number of hydrogen-bond acceptors (Lipinski definition) is 3. The largest absolute Gasteiger partial charge is 0.394 e. The average molecular weight is 236 g/mol. The topological polar surface area (TPSA) is 61.8 Å². The summed E-state index contributed by atoms with van der Waals surface area (Å²) < 4.78 is 32.1. The zero-order valence-corrected chi connectivity index (χ0v) is 8.66. The van der Waals surface area contributed by atoms with Crippen molar-refractivity contribution in [3.05, 3.63) is 0 Å². The van der Waals surface area contributed by atoms with Crippen molar-refractivity contribution < 1.29 is 23.4 Å². The SMILES string of the molecule is O=C1NCCCN1C1OC(CO)CC1(F)F. The van der Waals surface area contributed by atoms with Gasteiger partial charge in [-0.15, -0.1) is 0 Å². The summed E-state index contributed by atoms with van der Waals surface area (Å²) in [4.78, 5) is 12.4. The molecule has 2 amide bonds. The number of alkyl halides is 2. The Morgan fingerprint density at radius 3 is 2.94 bits per heavy atom. The maximum Gasteiger partial charge on any atom is 0.319 e. The van der Waals surface area contributed by atoms with Gasteiger partial charge in [-0.3, -0.25) is 4.90 Å². The molecular weight excluding hydrogens is 222 g/mol. The Morgan fingerprint density at radius 2 is 2.38 bits per heavy atom. The Labute approximate surface area is 91.4 Å². The minimum absolute atomic E-state index is 0.254. The molecule has 0 aromatic carbocycles. The van der Waals surface area contributed by atoms with Gasteiger partial charge < -0.3 is 15.2 Å². The van der Waals surface area contributed by atoms with E-state index in [0.717, 1.165) is 4.90 Å². The number of amides is 2. The van der Waals surface area contributed by atoms with Crippen LogP contribution in [0.1, 0.15) is 12.8 Å². The fourth-order valence-electron chi connectivity index (χ4n) is 2.01. The van der Waals surface area contributed by atoms with E-state index in [1.807, 2.05) is 0 Å². The van der Waals surface area contributed by atoms with Crippen LogP contribution in [0.15, 0.2) is 0 Å². The van der Waals surface area contributed by atoms with Crippen molar-refractivity contribution in [2.45, 2.75) is 31.1 Å². The van der Waals surface area contributed by atoms with Gasteiger partial charge in [0, 0.05) is 19.5 Å². The average Bonchev–Trinajstić information content (AvgIpc) is 2.54. The first kappa shape index (κ1) is 11.5. The number of rotatable bonds is 2. The third kappa shape index (κ3) is 1.97. The Morgan fingerprint density at radius 1 is 1.62 bits per heavy atom. The molecule has 0 saturated carbocycles. The normalized spacial score (nSPS) is 33.9. The van der Waals surface area contributed by atoms with Gasteiger partial charge in [0.1, 0.15) is 0 Å². The monoisotopic (exact) mass is 236 g/mol. The minimum atomic E-state index is -3.10. The van der Waals surface area contributed by atoms with E-state index in [1.54, 1.807) is 0 Å². The fourth-order valence-corrected chi connectivity index (χ4v) is 2.01. The van der Waals surface area contributed by atoms with Crippen LogP contribution < -0.4 is 5.32 Å². The predicted octanol–water partition coefficient (Wildman–Crippen LogP) is 0.144. The van der Waals surface area contributed by atoms with Crippen LogP contribution in [0.5, 0.6) is 0 Å². The Balaban J connectivity index is 2.10. The van der Waals surface area contributed by atoms with Crippen LogP contribution in [0, 0.1) is 0 Å². The standard InChI is InChI=1S/C9H14F2N2O3/c10-9(11)4-6(5-14)16-7(9)13-3-1-2-12-8(13)15/h6-7,14H,1-5H2,(H,12,15). The first-order chi connectivity index (χ1) is 7.54. The minimum Gasteiger partial charge on any atom is -0.394 e. The van der Waals surface area contributed by atoms with E-state index in [4.69, 9.17) is 9.84 Å². The summed E-state index contributed by atoms with van der Waals surface area (Å²) in [7, 11) is 0. The van der Waals surface area contributed by atoms with Crippen molar-refractivity contribution in [2.24, 2.45) is 0 Å². The summed E-state index contributed by atoms with van der Waals surface area (Å²) in [6, 6.07) is -0.533. The molecule has 2 heterocycles. The molecule has 7 heteroatoms.